The predicted octanol–water partition coefficient (Wildman–Crippen LogP) is 2.76. The molecular weight excluding hydrogens is 343 g/mol. The second-order valence-electron chi connectivity index (χ2n) is 6.13. The molecule has 4 nitrogen and oxygen atoms in total. The van der Waals surface area contributed by atoms with E-state index in [1.165, 1.54) is 6.07 Å². The first kappa shape index (κ1) is 20.6. The summed E-state index contributed by atoms with van der Waals surface area (Å²) in [7, 11) is 0. The standard InChI is InChI=1S/C16H22F3N3O.ClH/c1-11(2)14(20)15(23)22-8-6-21(7-9-22)13-5-3-4-12(10-13)16(17,18)19;/h3-5,10-11,14H,6-9,20H2,1-2H3;1H/t14-;/m0./s1. The van der Waals surface area contributed by atoms with E-state index >= 15 is 0 Å². The van der Waals surface area contributed by atoms with Crippen molar-refractivity contribution in [1.29, 1.82) is 0 Å². The van der Waals surface area contributed by atoms with Crippen LogP contribution in [-0.2, 0) is 11.0 Å². The highest BCUT2D eigenvalue weighted by Gasteiger charge is 2.31. The van der Waals surface area contributed by atoms with Gasteiger partial charge in [-0.05, 0) is 24.1 Å². The highest BCUT2D eigenvalue weighted by Crippen LogP contribution is 2.31. The van der Waals surface area contributed by atoms with Crippen LogP contribution in [0, 0.1) is 5.92 Å². The number of piperazine rings is 1. The maximum Gasteiger partial charge on any atom is 0.416 e. The average Bonchev–Trinajstić information content (AvgIpc) is 2.53. The Bertz CT molecular complexity index is 558. The first-order valence-electron chi connectivity index (χ1n) is 7.66. The lowest BCUT2D eigenvalue weighted by molar-refractivity contribution is -0.137. The Kier molecular flexibility index (Phi) is 6.92. The third-order valence-corrected chi connectivity index (χ3v) is 4.13. The number of carbonyl (C=O) groups is 1. The SMILES string of the molecule is CC(C)[C@H](N)C(=O)N1CCN(c2cccc(C(F)(F)F)c2)CC1.Cl. The Balaban J connectivity index is 0.00000288. The summed E-state index contributed by atoms with van der Waals surface area (Å²) in [5, 5.41) is 0. The van der Waals surface area contributed by atoms with Crippen molar-refractivity contribution in [2.24, 2.45) is 11.7 Å². The number of halogens is 4. The number of nitrogens with two attached hydrogens (primary N) is 1. The van der Waals surface area contributed by atoms with Crippen LogP contribution in [0.4, 0.5) is 18.9 Å². The Labute approximate surface area is 146 Å². The molecule has 0 aromatic heterocycles. The van der Waals surface area contributed by atoms with Gasteiger partial charge in [0.2, 0.25) is 5.91 Å². The molecule has 1 aliphatic heterocycles. The summed E-state index contributed by atoms with van der Waals surface area (Å²) in [5.74, 6) is -0.0345. The molecule has 1 aromatic carbocycles. The van der Waals surface area contributed by atoms with Crippen molar-refractivity contribution in [3.63, 3.8) is 0 Å². The van der Waals surface area contributed by atoms with Crippen LogP contribution in [0.2, 0.25) is 0 Å². The Morgan fingerprint density at radius 3 is 2.25 bits per heavy atom. The molecule has 24 heavy (non-hydrogen) atoms. The number of anilines is 1. The van der Waals surface area contributed by atoms with Crippen molar-refractivity contribution in [3.8, 4) is 0 Å². The molecule has 1 saturated heterocycles. The third kappa shape index (κ3) is 4.77. The molecule has 136 valence electrons. The number of hydrogen-bond donors (Lipinski definition) is 1. The monoisotopic (exact) mass is 365 g/mol. The van der Waals surface area contributed by atoms with E-state index in [1.54, 1.807) is 11.0 Å². The fraction of sp³-hybridized carbons (Fsp3) is 0.562. The van der Waals surface area contributed by atoms with Gasteiger partial charge < -0.3 is 15.5 Å². The van der Waals surface area contributed by atoms with Crippen molar-refractivity contribution >= 4 is 24.0 Å². The first-order valence-corrected chi connectivity index (χ1v) is 7.66. The van der Waals surface area contributed by atoms with Gasteiger partial charge in [0.05, 0.1) is 11.6 Å². The zero-order valence-corrected chi connectivity index (χ0v) is 14.5. The maximum absolute atomic E-state index is 12.8. The molecule has 8 heteroatoms. The van der Waals surface area contributed by atoms with Crippen LogP contribution in [0.25, 0.3) is 0 Å². The van der Waals surface area contributed by atoms with E-state index in [1.807, 2.05) is 18.7 Å². The fourth-order valence-electron chi connectivity index (χ4n) is 2.56. The van der Waals surface area contributed by atoms with E-state index in [2.05, 4.69) is 0 Å². The van der Waals surface area contributed by atoms with Crippen molar-refractivity contribution in [2.75, 3.05) is 31.1 Å². The molecule has 1 amide bonds. The van der Waals surface area contributed by atoms with Crippen LogP contribution in [0.5, 0.6) is 0 Å². The number of rotatable bonds is 3. The number of nitrogens with zero attached hydrogens (tertiary/aromatic N) is 2. The van der Waals surface area contributed by atoms with Crippen LogP contribution in [0.1, 0.15) is 19.4 Å². The number of amides is 1. The lowest BCUT2D eigenvalue weighted by atomic mass is 10.0. The van der Waals surface area contributed by atoms with Gasteiger partial charge in [0.15, 0.2) is 0 Å². The fourth-order valence-corrected chi connectivity index (χ4v) is 2.56. The van der Waals surface area contributed by atoms with Crippen LogP contribution < -0.4 is 10.6 Å². The van der Waals surface area contributed by atoms with Gasteiger partial charge in [-0.3, -0.25) is 4.79 Å². The highest BCUT2D eigenvalue weighted by molar-refractivity contribution is 5.85. The predicted molar refractivity (Wildman–Crippen MR) is 90.3 cm³/mol. The first-order chi connectivity index (χ1) is 10.7. The van der Waals surface area contributed by atoms with Gasteiger partial charge in [-0.25, -0.2) is 0 Å². The van der Waals surface area contributed by atoms with Crippen molar-refractivity contribution in [2.45, 2.75) is 26.1 Å². The summed E-state index contributed by atoms with van der Waals surface area (Å²) >= 11 is 0. The van der Waals surface area contributed by atoms with E-state index in [4.69, 9.17) is 5.73 Å². The van der Waals surface area contributed by atoms with Gasteiger partial charge in [0, 0.05) is 31.9 Å². The second kappa shape index (κ2) is 8.07. The van der Waals surface area contributed by atoms with Crippen LogP contribution >= 0.6 is 12.4 Å². The lowest BCUT2D eigenvalue weighted by Gasteiger charge is -2.37. The molecule has 0 aliphatic carbocycles. The molecule has 0 bridgehead atoms. The summed E-state index contributed by atoms with van der Waals surface area (Å²) in [6, 6.07) is 4.74. The third-order valence-electron chi connectivity index (χ3n) is 4.13. The minimum absolute atomic E-state index is 0. The summed E-state index contributed by atoms with van der Waals surface area (Å²) in [6.07, 6.45) is -4.35. The molecule has 0 radical (unpaired) electrons. The average molecular weight is 366 g/mol. The summed E-state index contributed by atoms with van der Waals surface area (Å²) in [6.45, 7) is 5.71. The number of alkyl halides is 3. The Morgan fingerprint density at radius 2 is 1.75 bits per heavy atom. The van der Waals surface area contributed by atoms with E-state index in [9.17, 15) is 18.0 Å². The van der Waals surface area contributed by atoms with Gasteiger partial charge in [-0.2, -0.15) is 13.2 Å². The van der Waals surface area contributed by atoms with Crippen molar-refractivity contribution < 1.29 is 18.0 Å². The van der Waals surface area contributed by atoms with Gasteiger partial charge >= 0.3 is 6.18 Å². The van der Waals surface area contributed by atoms with Gasteiger partial charge in [0.1, 0.15) is 0 Å². The van der Waals surface area contributed by atoms with Gasteiger partial charge in [-0.1, -0.05) is 19.9 Å². The number of carbonyl (C=O) groups excluding carboxylic acids is 1. The minimum atomic E-state index is -4.35. The molecule has 1 aromatic rings. The second-order valence-corrected chi connectivity index (χ2v) is 6.13. The molecule has 1 fully saturated rings. The van der Waals surface area contributed by atoms with E-state index in [-0.39, 0.29) is 24.2 Å². The largest absolute Gasteiger partial charge is 0.416 e. The molecule has 2 rings (SSSR count). The zero-order valence-electron chi connectivity index (χ0n) is 13.7. The smallest absolute Gasteiger partial charge is 0.368 e. The van der Waals surface area contributed by atoms with Crippen LogP contribution in [-0.4, -0.2) is 43.0 Å². The maximum atomic E-state index is 12.8. The summed E-state index contributed by atoms with van der Waals surface area (Å²) in [5.41, 5.74) is 5.75. The molecule has 0 unspecified atom stereocenters. The van der Waals surface area contributed by atoms with Gasteiger partial charge in [0.25, 0.3) is 0 Å². The number of hydrogen-bond acceptors (Lipinski definition) is 3. The van der Waals surface area contributed by atoms with Crippen molar-refractivity contribution in [1.82, 2.24) is 4.90 Å². The topological polar surface area (TPSA) is 49.6 Å². The summed E-state index contributed by atoms with van der Waals surface area (Å²) < 4.78 is 38.3. The lowest BCUT2D eigenvalue weighted by Crippen LogP contribution is -2.54. The molecule has 1 aliphatic rings. The number of benzene rings is 1. The molecule has 1 heterocycles. The van der Waals surface area contributed by atoms with Crippen LogP contribution in [0.3, 0.4) is 0 Å². The molecule has 0 saturated carbocycles. The molecular formula is C16H23ClF3N3O. The Morgan fingerprint density at radius 1 is 1.17 bits per heavy atom. The van der Waals surface area contributed by atoms with E-state index < -0.39 is 17.8 Å². The highest BCUT2D eigenvalue weighted by atomic mass is 35.5. The summed E-state index contributed by atoms with van der Waals surface area (Å²) in [4.78, 5) is 15.8. The molecule has 1 atom stereocenters. The van der Waals surface area contributed by atoms with Gasteiger partial charge in [-0.15, -0.1) is 12.4 Å². The quantitative estimate of drug-likeness (QED) is 0.896. The normalized spacial score (nSPS) is 16.8. The van der Waals surface area contributed by atoms with Crippen LogP contribution in [0.15, 0.2) is 24.3 Å². The van der Waals surface area contributed by atoms with E-state index in [0.29, 0.717) is 31.9 Å². The Hall–Kier alpha value is -1.47. The molecule has 2 N–H and O–H groups in total. The minimum Gasteiger partial charge on any atom is -0.368 e. The van der Waals surface area contributed by atoms with E-state index in [0.717, 1.165) is 12.1 Å². The zero-order chi connectivity index (χ0) is 17.2. The van der Waals surface area contributed by atoms with Crippen molar-refractivity contribution in [3.05, 3.63) is 29.8 Å². The molecule has 0 spiro atoms.